The number of ketones is 1. The molecule has 340 valence electrons. The standard InChI is InChI=1S/C44H69NO15/c1-21-9-12-44(55-19-21)22(2)31-28(60-44)16-26-25-8-7-23-15-24(10-11-42(23,3)32(25)27(47)17-43(26,31)4)56-39-37(52)35(50)38(29(18-46)57-39)59-40-36(51)34(49)33(48)30(58-40)20-54-41(53)45-13-5-6-14-45/h21-26,28-40,46,48-52H,5-20H2,1-4H3/t21-,22+,23+,24+,25+,26+,28?,29-,30-,31?,32-,33-,34+,35-,36-,37-,38-,39-,40+,42+,43+,44-/m1/s1. The van der Waals surface area contributed by atoms with Gasteiger partial charge in [-0.05, 0) is 98.2 Å². The van der Waals surface area contributed by atoms with E-state index in [1.165, 1.54) is 4.90 Å². The summed E-state index contributed by atoms with van der Waals surface area (Å²) < 4.78 is 42.7. The number of Topliss-reactive ketones (excluding diaryl/α,β-unsaturated/α-hetero) is 1. The van der Waals surface area contributed by atoms with Crippen molar-refractivity contribution in [2.24, 2.45) is 52.3 Å². The van der Waals surface area contributed by atoms with Gasteiger partial charge in [0.1, 0.15) is 61.2 Å². The number of fused-ring (bicyclic) bond motifs is 7. The summed E-state index contributed by atoms with van der Waals surface area (Å²) in [6, 6.07) is 0. The molecular formula is C44H69NO15. The van der Waals surface area contributed by atoms with Crippen molar-refractivity contribution in [1.82, 2.24) is 4.90 Å². The number of carbonyl (C=O) groups excluding carboxylic acids is 2. The minimum absolute atomic E-state index is 0.0334. The highest BCUT2D eigenvalue weighted by atomic mass is 16.7. The fourth-order valence-electron chi connectivity index (χ4n) is 14.2. The Labute approximate surface area is 352 Å². The maximum atomic E-state index is 14.6. The lowest BCUT2D eigenvalue weighted by Gasteiger charge is -2.60. The molecule has 5 aliphatic heterocycles. The minimum atomic E-state index is -1.78. The highest BCUT2D eigenvalue weighted by molar-refractivity contribution is 5.84. The Kier molecular flexibility index (Phi) is 12.0. The van der Waals surface area contributed by atoms with E-state index in [9.17, 15) is 40.2 Å². The molecule has 9 fully saturated rings. The fraction of sp³-hybridized carbons (Fsp3) is 0.955. The van der Waals surface area contributed by atoms with Gasteiger partial charge in [0.2, 0.25) is 0 Å². The molecule has 22 atom stereocenters. The normalized spacial score (nSPS) is 54.0. The van der Waals surface area contributed by atoms with E-state index in [1.54, 1.807) is 0 Å². The Morgan fingerprint density at radius 1 is 0.833 bits per heavy atom. The topological polar surface area (TPSA) is 223 Å². The van der Waals surface area contributed by atoms with Crippen molar-refractivity contribution in [2.45, 2.75) is 178 Å². The molecular weight excluding hydrogens is 782 g/mol. The zero-order chi connectivity index (χ0) is 42.5. The van der Waals surface area contributed by atoms with Gasteiger partial charge < -0.3 is 68.7 Å². The van der Waals surface area contributed by atoms with Crippen LogP contribution in [-0.2, 0) is 38.0 Å². The third-order valence-corrected chi connectivity index (χ3v) is 17.4. The van der Waals surface area contributed by atoms with Crippen LogP contribution in [0.1, 0.15) is 98.3 Å². The van der Waals surface area contributed by atoms with Crippen molar-refractivity contribution in [3.8, 4) is 0 Å². The number of nitrogens with zero attached hydrogens (tertiary/aromatic N) is 1. The summed E-state index contributed by atoms with van der Waals surface area (Å²) in [5.74, 6) is 1.83. The maximum absolute atomic E-state index is 14.6. The fourth-order valence-corrected chi connectivity index (χ4v) is 14.2. The molecule has 60 heavy (non-hydrogen) atoms. The first-order valence-electron chi connectivity index (χ1n) is 23.0. The molecule has 4 aliphatic carbocycles. The molecule has 4 saturated carbocycles. The third kappa shape index (κ3) is 7.19. The molecule has 9 rings (SSSR count). The van der Waals surface area contributed by atoms with Gasteiger partial charge in [0, 0.05) is 37.8 Å². The second-order valence-electron chi connectivity index (χ2n) is 20.8. The lowest BCUT2D eigenvalue weighted by molar-refractivity contribution is -0.364. The summed E-state index contributed by atoms with van der Waals surface area (Å²) in [6.07, 6.45) is -6.84. The molecule has 2 unspecified atom stereocenters. The number of likely N-dealkylation sites (tertiary alicyclic amines) is 1. The van der Waals surface area contributed by atoms with E-state index in [2.05, 4.69) is 27.7 Å². The van der Waals surface area contributed by atoms with E-state index in [4.69, 9.17) is 33.2 Å². The molecule has 9 aliphatic rings. The molecule has 16 nitrogen and oxygen atoms in total. The van der Waals surface area contributed by atoms with Gasteiger partial charge in [-0.15, -0.1) is 0 Å². The monoisotopic (exact) mass is 851 g/mol. The molecule has 5 heterocycles. The van der Waals surface area contributed by atoms with E-state index in [1.807, 2.05) is 0 Å². The van der Waals surface area contributed by atoms with Crippen molar-refractivity contribution >= 4 is 11.9 Å². The summed E-state index contributed by atoms with van der Waals surface area (Å²) in [7, 11) is 0. The highest BCUT2D eigenvalue weighted by Gasteiger charge is 2.71. The van der Waals surface area contributed by atoms with Crippen LogP contribution in [0.3, 0.4) is 0 Å². The molecule has 6 N–H and O–H groups in total. The van der Waals surface area contributed by atoms with Crippen molar-refractivity contribution in [3.05, 3.63) is 0 Å². The van der Waals surface area contributed by atoms with E-state index >= 15 is 0 Å². The van der Waals surface area contributed by atoms with Gasteiger partial charge >= 0.3 is 6.09 Å². The van der Waals surface area contributed by atoms with Crippen LogP contribution in [0.25, 0.3) is 0 Å². The van der Waals surface area contributed by atoms with E-state index in [0.29, 0.717) is 61.8 Å². The Morgan fingerprint density at radius 3 is 2.27 bits per heavy atom. The van der Waals surface area contributed by atoms with Crippen molar-refractivity contribution < 1.29 is 73.4 Å². The first kappa shape index (κ1) is 43.7. The summed E-state index contributed by atoms with van der Waals surface area (Å²) in [6.45, 7) is 9.93. The van der Waals surface area contributed by atoms with Gasteiger partial charge in [-0.2, -0.15) is 0 Å². The van der Waals surface area contributed by atoms with Gasteiger partial charge in [-0.25, -0.2) is 4.79 Å². The van der Waals surface area contributed by atoms with Gasteiger partial charge in [0.05, 0.1) is 25.4 Å². The lowest BCUT2D eigenvalue weighted by Crippen LogP contribution is -2.65. The Bertz CT molecular complexity index is 1570. The molecule has 0 bridgehead atoms. The molecule has 1 spiro atoms. The number of aliphatic hydroxyl groups is 6. The Balaban J connectivity index is 0.815. The molecule has 0 aromatic rings. The number of hydrogen-bond donors (Lipinski definition) is 6. The van der Waals surface area contributed by atoms with Crippen molar-refractivity contribution in [3.63, 3.8) is 0 Å². The van der Waals surface area contributed by atoms with Crippen LogP contribution in [0.2, 0.25) is 0 Å². The molecule has 0 aromatic heterocycles. The predicted molar refractivity (Wildman–Crippen MR) is 208 cm³/mol. The number of aliphatic hydroxyl groups excluding tert-OH is 6. The lowest BCUT2D eigenvalue weighted by atomic mass is 9.44. The first-order chi connectivity index (χ1) is 28.6. The van der Waals surface area contributed by atoms with Crippen LogP contribution >= 0.6 is 0 Å². The highest BCUT2D eigenvalue weighted by Crippen LogP contribution is 2.70. The summed E-state index contributed by atoms with van der Waals surface area (Å²) >= 11 is 0. The molecule has 0 radical (unpaired) electrons. The third-order valence-electron chi connectivity index (χ3n) is 17.4. The van der Waals surface area contributed by atoms with Crippen LogP contribution < -0.4 is 0 Å². The number of carbonyl (C=O) groups is 2. The Hall–Kier alpha value is -1.54. The zero-order valence-corrected chi connectivity index (χ0v) is 35.6. The second-order valence-corrected chi connectivity index (χ2v) is 20.8. The number of amides is 1. The maximum Gasteiger partial charge on any atom is 0.409 e. The van der Waals surface area contributed by atoms with Gasteiger partial charge in [-0.1, -0.05) is 27.7 Å². The molecule has 5 saturated heterocycles. The molecule has 1 amide bonds. The number of rotatable bonds is 7. The SMILES string of the molecule is C[C@@H]1CC[C@@]2(OC1)OC1C[C@H]3[C@@H]4CC[C@H]5C[C@@H](O[C@@H]6O[C@H](CO)[C@@H](O[C@@H]7O[C@H](COC(=O)N8CCCC8)[C@@H](O)[C@H](O)[C@H]7O)[C@H](O)[C@H]6O)CC[C@]5(C)[C@H]4C(=O)C[C@]3(C)C1[C@@H]2C. The van der Waals surface area contributed by atoms with E-state index in [0.717, 1.165) is 58.0 Å². The quantitative estimate of drug-likeness (QED) is 0.201. The van der Waals surface area contributed by atoms with Crippen LogP contribution in [0.15, 0.2) is 0 Å². The number of hydrogen-bond acceptors (Lipinski definition) is 15. The zero-order valence-electron chi connectivity index (χ0n) is 35.6. The van der Waals surface area contributed by atoms with Crippen LogP contribution in [-0.4, -0.2) is 160 Å². The van der Waals surface area contributed by atoms with Crippen LogP contribution in [0.5, 0.6) is 0 Å². The average molecular weight is 852 g/mol. The summed E-state index contributed by atoms with van der Waals surface area (Å²) in [4.78, 5) is 28.5. The molecule has 0 aromatic carbocycles. The van der Waals surface area contributed by atoms with Gasteiger partial charge in [0.25, 0.3) is 0 Å². The van der Waals surface area contributed by atoms with E-state index < -0.39 is 86.5 Å². The summed E-state index contributed by atoms with van der Waals surface area (Å²) in [5.41, 5.74) is -0.315. The van der Waals surface area contributed by atoms with E-state index in [-0.39, 0.29) is 40.8 Å². The largest absolute Gasteiger partial charge is 0.447 e. The van der Waals surface area contributed by atoms with Gasteiger partial charge in [0.15, 0.2) is 18.4 Å². The first-order valence-corrected chi connectivity index (χ1v) is 23.0. The minimum Gasteiger partial charge on any atom is -0.447 e. The Morgan fingerprint density at radius 2 is 1.55 bits per heavy atom. The van der Waals surface area contributed by atoms with Crippen molar-refractivity contribution in [1.29, 1.82) is 0 Å². The number of ether oxygens (including phenoxy) is 7. The van der Waals surface area contributed by atoms with Crippen molar-refractivity contribution in [2.75, 3.05) is 32.9 Å². The van der Waals surface area contributed by atoms with Crippen LogP contribution in [0, 0.1) is 52.3 Å². The molecule has 16 heteroatoms. The smallest absolute Gasteiger partial charge is 0.409 e. The van der Waals surface area contributed by atoms with Gasteiger partial charge in [-0.3, -0.25) is 4.79 Å². The summed E-state index contributed by atoms with van der Waals surface area (Å²) in [5, 5.41) is 65.0. The predicted octanol–water partition coefficient (Wildman–Crippen LogP) is 1.86. The van der Waals surface area contributed by atoms with Crippen LogP contribution in [0.4, 0.5) is 4.79 Å². The second kappa shape index (κ2) is 16.5. The average Bonchev–Trinajstić information content (AvgIpc) is 3.93.